The molecule has 162 valence electrons. The minimum absolute atomic E-state index is 0.00357. The van der Waals surface area contributed by atoms with E-state index in [1.54, 1.807) is 0 Å². The molecule has 2 aromatic carbocycles. The Bertz CT molecular complexity index is 1070. The van der Waals surface area contributed by atoms with E-state index in [9.17, 15) is 4.79 Å². The first kappa shape index (κ1) is 22.2. The van der Waals surface area contributed by atoms with E-state index in [1.807, 2.05) is 42.5 Å². The number of benzene rings is 2. The highest BCUT2D eigenvalue weighted by Crippen LogP contribution is 2.32. The first-order valence-corrected chi connectivity index (χ1v) is 12.1. The van der Waals surface area contributed by atoms with Gasteiger partial charge in [-0.25, -0.2) is 0 Å². The van der Waals surface area contributed by atoms with Crippen molar-refractivity contribution in [3.8, 4) is 11.1 Å². The van der Waals surface area contributed by atoms with Crippen molar-refractivity contribution >= 4 is 33.4 Å². The van der Waals surface area contributed by atoms with Crippen molar-refractivity contribution in [3.63, 3.8) is 0 Å². The molecule has 3 nitrogen and oxygen atoms in total. The summed E-state index contributed by atoms with van der Waals surface area (Å²) in [4.78, 5) is 13.7. The maximum atomic E-state index is 13.7. The highest BCUT2D eigenvalue weighted by Gasteiger charge is 2.27. The van der Waals surface area contributed by atoms with Crippen LogP contribution in [0.4, 0.5) is 0 Å². The molecule has 1 heterocycles. The molecule has 1 aromatic heterocycles. The lowest BCUT2D eigenvalue weighted by molar-refractivity contribution is 0.0902. The van der Waals surface area contributed by atoms with Crippen LogP contribution < -0.4 is 5.32 Å². The molecule has 4 rings (SSSR count). The molecule has 1 fully saturated rings. The highest BCUT2D eigenvalue weighted by molar-refractivity contribution is 9.10. The van der Waals surface area contributed by atoms with Crippen LogP contribution in [-0.4, -0.2) is 16.5 Å². The SMILES string of the molecule is Cc1cn(Cc2ccccc2Br)c(C(=O)NC2CCCCC2C)c1-c1ccc(Cl)cc1. The molecule has 0 radical (unpaired) electrons. The number of hydrogen-bond donors (Lipinski definition) is 1. The molecule has 0 aliphatic heterocycles. The second-order valence-corrected chi connectivity index (χ2v) is 9.89. The van der Waals surface area contributed by atoms with Gasteiger partial charge in [-0.15, -0.1) is 0 Å². The van der Waals surface area contributed by atoms with Gasteiger partial charge in [0.2, 0.25) is 0 Å². The molecule has 2 unspecified atom stereocenters. The first-order valence-electron chi connectivity index (χ1n) is 10.9. The van der Waals surface area contributed by atoms with Gasteiger partial charge in [-0.05, 0) is 60.6 Å². The molecule has 1 amide bonds. The van der Waals surface area contributed by atoms with Crippen LogP contribution in [0.1, 0.15) is 54.2 Å². The van der Waals surface area contributed by atoms with Crippen LogP contribution in [-0.2, 0) is 6.54 Å². The van der Waals surface area contributed by atoms with E-state index in [2.05, 4.69) is 51.9 Å². The maximum Gasteiger partial charge on any atom is 0.268 e. The number of aromatic nitrogens is 1. The summed E-state index contributed by atoms with van der Waals surface area (Å²) in [7, 11) is 0. The summed E-state index contributed by atoms with van der Waals surface area (Å²) in [5, 5.41) is 4.05. The summed E-state index contributed by atoms with van der Waals surface area (Å²) in [5.41, 5.74) is 4.92. The molecular formula is C26H28BrClN2O. The topological polar surface area (TPSA) is 34.0 Å². The number of carbonyl (C=O) groups is 1. The molecular weight excluding hydrogens is 472 g/mol. The molecule has 3 aromatic rings. The quantitative estimate of drug-likeness (QED) is 0.394. The minimum Gasteiger partial charge on any atom is -0.348 e. The zero-order valence-electron chi connectivity index (χ0n) is 18.0. The zero-order valence-corrected chi connectivity index (χ0v) is 20.3. The summed E-state index contributed by atoms with van der Waals surface area (Å²) in [5.74, 6) is 0.508. The number of nitrogens with one attached hydrogen (secondary N) is 1. The lowest BCUT2D eigenvalue weighted by atomic mass is 9.86. The first-order chi connectivity index (χ1) is 14.9. The zero-order chi connectivity index (χ0) is 22.0. The second kappa shape index (κ2) is 9.62. The number of rotatable bonds is 5. The summed E-state index contributed by atoms with van der Waals surface area (Å²) in [6.45, 7) is 4.94. The normalized spacial score (nSPS) is 18.7. The average Bonchev–Trinajstić information content (AvgIpc) is 3.08. The molecule has 1 saturated carbocycles. The predicted molar refractivity (Wildman–Crippen MR) is 132 cm³/mol. The van der Waals surface area contributed by atoms with Crippen molar-refractivity contribution in [1.82, 2.24) is 9.88 Å². The molecule has 1 aliphatic carbocycles. The van der Waals surface area contributed by atoms with Crippen LogP contribution in [0.2, 0.25) is 5.02 Å². The fourth-order valence-corrected chi connectivity index (χ4v) is 5.16. The number of carbonyl (C=O) groups excluding carboxylic acids is 1. The number of aryl methyl sites for hydroxylation is 1. The van der Waals surface area contributed by atoms with Crippen molar-refractivity contribution in [3.05, 3.63) is 81.0 Å². The monoisotopic (exact) mass is 498 g/mol. The average molecular weight is 500 g/mol. The summed E-state index contributed by atoms with van der Waals surface area (Å²) in [6, 6.07) is 16.1. The molecule has 1 N–H and O–H groups in total. The van der Waals surface area contributed by atoms with E-state index >= 15 is 0 Å². The van der Waals surface area contributed by atoms with Gasteiger partial charge in [0, 0.05) is 33.8 Å². The van der Waals surface area contributed by atoms with E-state index in [-0.39, 0.29) is 11.9 Å². The number of nitrogens with zero attached hydrogens (tertiary/aromatic N) is 1. The molecule has 0 spiro atoms. The molecule has 31 heavy (non-hydrogen) atoms. The Morgan fingerprint density at radius 2 is 1.84 bits per heavy atom. The van der Waals surface area contributed by atoms with Crippen LogP contribution in [0, 0.1) is 12.8 Å². The van der Waals surface area contributed by atoms with E-state index in [0.717, 1.165) is 33.1 Å². The lowest BCUT2D eigenvalue weighted by Gasteiger charge is -2.29. The Balaban J connectivity index is 1.76. The van der Waals surface area contributed by atoms with Crippen LogP contribution in [0.5, 0.6) is 0 Å². The van der Waals surface area contributed by atoms with Gasteiger partial charge in [-0.1, -0.05) is 77.6 Å². The van der Waals surface area contributed by atoms with Crippen molar-refractivity contribution in [2.24, 2.45) is 5.92 Å². The third-order valence-electron chi connectivity index (χ3n) is 6.34. The smallest absolute Gasteiger partial charge is 0.268 e. The van der Waals surface area contributed by atoms with Gasteiger partial charge in [0.05, 0.1) is 0 Å². The standard InChI is InChI=1S/C26H28BrClN2O/c1-17-7-3-6-10-23(17)29-26(31)25-24(19-11-13-21(28)14-12-19)18(2)15-30(25)16-20-8-4-5-9-22(20)27/h4-5,8-9,11-15,17,23H,3,6-7,10,16H2,1-2H3,(H,29,31). The van der Waals surface area contributed by atoms with Gasteiger partial charge in [-0.2, -0.15) is 0 Å². The van der Waals surface area contributed by atoms with Gasteiger partial charge < -0.3 is 9.88 Å². The Kier molecular flexibility index (Phi) is 6.88. The molecule has 0 saturated heterocycles. The molecule has 0 bridgehead atoms. The Morgan fingerprint density at radius 3 is 2.55 bits per heavy atom. The largest absolute Gasteiger partial charge is 0.348 e. The van der Waals surface area contributed by atoms with Crippen molar-refractivity contribution < 1.29 is 4.79 Å². The van der Waals surface area contributed by atoms with E-state index in [0.29, 0.717) is 23.2 Å². The molecule has 2 atom stereocenters. The van der Waals surface area contributed by atoms with Crippen LogP contribution in [0.15, 0.2) is 59.2 Å². The number of hydrogen-bond acceptors (Lipinski definition) is 1. The highest BCUT2D eigenvalue weighted by atomic mass is 79.9. The van der Waals surface area contributed by atoms with Gasteiger partial charge in [-0.3, -0.25) is 4.79 Å². The lowest BCUT2D eigenvalue weighted by Crippen LogP contribution is -2.41. The van der Waals surface area contributed by atoms with Crippen molar-refractivity contribution in [1.29, 1.82) is 0 Å². The van der Waals surface area contributed by atoms with Crippen LogP contribution in [0.3, 0.4) is 0 Å². The van der Waals surface area contributed by atoms with Gasteiger partial charge in [0.1, 0.15) is 5.69 Å². The van der Waals surface area contributed by atoms with Gasteiger partial charge in [0.25, 0.3) is 5.91 Å². The van der Waals surface area contributed by atoms with E-state index in [1.165, 1.54) is 19.3 Å². The fraction of sp³-hybridized carbons (Fsp3) is 0.346. The van der Waals surface area contributed by atoms with Crippen molar-refractivity contribution in [2.45, 2.75) is 52.1 Å². The summed E-state index contributed by atoms with van der Waals surface area (Å²) >= 11 is 9.78. The van der Waals surface area contributed by atoms with E-state index < -0.39 is 0 Å². The Labute approximate surface area is 197 Å². The number of amides is 1. The van der Waals surface area contributed by atoms with E-state index in [4.69, 9.17) is 11.6 Å². The minimum atomic E-state index is 0.00357. The second-order valence-electron chi connectivity index (χ2n) is 8.60. The fourth-order valence-electron chi connectivity index (χ4n) is 4.62. The predicted octanol–water partition coefficient (Wildman–Crippen LogP) is 7.24. The van der Waals surface area contributed by atoms with Gasteiger partial charge in [0.15, 0.2) is 0 Å². The molecule has 5 heteroatoms. The maximum absolute atomic E-state index is 13.7. The molecule has 1 aliphatic rings. The number of halogens is 2. The van der Waals surface area contributed by atoms with Crippen LogP contribution >= 0.6 is 27.5 Å². The van der Waals surface area contributed by atoms with Crippen molar-refractivity contribution in [2.75, 3.05) is 0 Å². The van der Waals surface area contributed by atoms with Crippen LogP contribution in [0.25, 0.3) is 11.1 Å². The third-order valence-corrected chi connectivity index (χ3v) is 7.37. The Morgan fingerprint density at radius 1 is 1.13 bits per heavy atom. The van der Waals surface area contributed by atoms with Gasteiger partial charge >= 0.3 is 0 Å². The summed E-state index contributed by atoms with van der Waals surface area (Å²) in [6.07, 6.45) is 6.74. The Hall–Kier alpha value is -2.04. The summed E-state index contributed by atoms with van der Waals surface area (Å²) < 4.78 is 3.13. The third kappa shape index (κ3) is 4.91.